The number of ether oxygens (including phenoxy) is 1. The van der Waals surface area contributed by atoms with Gasteiger partial charge in [0.2, 0.25) is 0 Å². The topological polar surface area (TPSA) is 52.8 Å². The minimum Gasteiger partial charge on any atom is -0.487 e. The van der Waals surface area contributed by atoms with Crippen LogP contribution in [-0.4, -0.2) is 19.7 Å². The molecule has 96 valence electrons. The van der Waals surface area contributed by atoms with Crippen LogP contribution in [0.15, 0.2) is 42.3 Å². The molecule has 0 saturated heterocycles. The van der Waals surface area contributed by atoms with Crippen molar-refractivity contribution in [2.24, 2.45) is 0 Å². The first-order valence-electron chi connectivity index (χ1n) is 5.80. The molecular formula is C13H12N4OS. The molecule has 6 heteroatoms. The minimum atomic E-state index is 0.477. The van der Waals surface area contributed by atoms with Crippen molar-refractivity contribution in [2.75, 3.05) is 0 Å². The number of aryl methyl sites for hydroxylation is 1. The van der Waals surface area contributed by atoms with Gasteiger partial charge in [-0.25, -0.2) is 14.6 Å². The summed E-state index contributed by atoms with van der Waals surface area (Å²) in [5, 5.41) is 7.15. The smallest absolute Gasteiger partial charge is 0.138 e. The molecule has 3 aromatic rings. The second-order valence-corrected chi connectivity index (χ2v) is 5.05. The third-order valence-electron chi connectivity index (χ3n) is 2.55. The fraction of sp³-hybridized carbons (Fsp3) is 0.154. The van der Waals surface area contributed by atoms with Gasteiger partial charge in [-0.15, -0.1) is 11.3 Å². The van der Waals surface area contributed by atoms with Gasteiger partial charge in [-0.1, -0.05) is 6.07 Å². The molecule has 1 aromatic carbocycles. The molecule has 0 fully saturated rings. The molecular weight excluding hydrogens is 260 g/mol. The molecule has 3 rings (SSSR count). The lowest BCUT2D eigenvalue weighted by atomic mass is 10.3. The number of aromatic nitrogens is 4. The van der Waals surface area contributed by atoms with Gasteiger partial charge in [0.15, 0.2) is 0 Å². The molecule has 2 heterocycles. The van der Waals surface area contributed by atoms with E-state index in [1.54, 1.807) is 22.3 Å². The predicted molar refractivity (Wildman–Crippen MR) is 72.5 cm³/mol. The highest BCUT2D eigenvalue weighted by atomic mass is 32.1. The summed E-state index contributed by atoms with van der Waals surface area (Å²) < 4.78 is 7.42. The molecule has 0 unspecified atom stereocenters. The summed E-state index contributed by atoms with van der Waals surface area (Å²) in [7, 11) is 0. The first-order chi connectivity index (χ1) is 9.31. The first kappa shape index (κ1) is 11.9. The van der Waals surface area contributed by atoms with Gasteiger partial charge in [-0.05, 0) is 19.1 Å². The summed E-state index contributed by atoms with van der Waals surface area (Å²) >= 11 is 1.63. The lowest BCUT2D eigenvalue weighted by Crippen LogP contribution is -1.98. The summed E-state index contributed by atoms with van der Waals surface area (Å²) in [5.41, 5.74) is 1.87. The van der Waals surface area contributed by atoms with E-state index in [0.29, 0.717) is 6.61 Å². The number of nitrogens with zero attached hydrogens (tertiary/aromatic N) is 4. The average molecular weight is 272 g/mol. The largest absolute Gasteiger partial charge is 0.487 e. The normalized spacial score (nSPS) is 10.6. The van der Waals surface area contributed by atoms with Crippen LogP contribution in [0.3, 0.4) is 0 Å². The fourth-order valence-corrected chi connectivity index (χ4v) is 2.29. The number of thiazole rings is 1. The van der Waals surface area contributed by atoms with Gasteiger partial charge in [0, 0.05) is 11.4 Å². The summed E-state index contributed by atoms with van der Waals surface area (Å²) in [6.45, 7) is 2.46. The molecule has 2 aromatic heterocycles. The maximum atomic E-state index is 5.73. The van der Waals surface area contributed by atoms with Gasteiger partial charge in [0.1, 0.15) is 25.0 Å². The van der Waals surface area contributed by atoms with Crippen molar-refractivity contribution < 1.29 is 4.74 Å². The quantitative estimate of drug-likeness (QED) is 0.732. The van der Waals surface area contributed by atoms with Crippen LogP contribution in [0.25, 0.3) is 5.69 Å². The molecule has 0 radical (unpaired) electrons. The molecule has 19 heavy (non-hydrogen) atoms. The molecule has 0 spiro atoms. The van der Waals surface area contributed by atoms with E-state index in [0.717, 1.165) is 22.1 Å². The van der Waals surface area contributed by atoms with Crippen LogP contribution >= 0.6 is 11.3 Å². The van der Waals surface area contributed by atoms with Gasteiger partial charge in [0.05, 0.1) is 16.4 Å². The third-order valence-corrected chi connectivity index (χ3v) is 3.38. The zero-order chi connectivity index (χ0) is 13.1. The summed E-state index contributed by atoms with van der Waals surface area (Å²) in [5.74, 6) is 0.790. The maximum absolute atomic E-state index is 5.73. The Kier molecular flexibility index (Phi) is 3.24. The van der Waals surface area contributed by atoms with E-state index in [4.69, 9.17) is 4.74 Å². The Labute approximate surface area is 114 Å². The van der Waals surface area contributed by atoms with Crippen molar-refractivity contribution in [1.82, 2.24) is 19.7 Å². The number of rotatable bonds is 4. The lowest BCUT2D eigenvalue weighted by molar-refractivity contribution is 0.302. The van der Waals surface area contributed by atoms with E-state index in [9.17, 15) is 0 Å². The van der Waals surface area contributed by atoms with Gasteiger partial charge in [0.25, 0.3) is 0 Å². The molecule has 0 aliphatic carbocycles. The minimum absolute atomic E-state index is 0.477. The standard InChI is InChI=1S/C13H12N4OS/c1-10-16-11(7-19-10)6-18-13-4-2-3-12(5-13)17-9-14-8-15-17/h2-5,7-9H,6H2,1H3. The van der Waals surface area contributed by atoms with Crippen molar-refractivity contribution in [3.63, 3.8) is 0 Å². The Morgan fingerprint density at radius 2 is 2.32 bits per heavy atom. The Morgan fingerprint density at radius 1 is 1.37 bits per heavy atom. The highest BCUT2D eigenvalue weighted by Gasteiger charge is 2.02. The zero-order valence-corrected chi connectivity index (χ0v) is 11.2. The molecule has 0 amide bonds. The Balaban J connectivity index is 1.73. The Hall–Kier alpha value is -2.21. The lowest BCUT2D eigenvalue weighted by Gasteiger charge is -2.06. The number of benzene rings is 1. The van der Waals surface area contributed by atoms with Gasteiger partial charge < -0.3 is 4.74 Å². The second kappa shape index (κ2) is 5.19. The van der Waals surface area contributed by atoms with Gasteiger partial charge in [-0.2, -0.15) is 5.10 Å². The van der Waals surface area contributed by atoms with Crippen molar-refractivity contribution in [2.45, 2.75) is 13.5 Å². The summed E-state index contributed by atoms with van der Waals surface area (Å²) in [4.78, 5) is 8.29. The van der Waals surface area contributed by atoms with Crippen molar-refractivity contribution in [3.05, 3.63) is 53.0 Å². The van der Waals surface area contributed by atoms with Crippen LogP contribution < -0.4 is 4.74 Å². The average Bonchev–Trinajstić information content (AvgIpc) is 3.08. The highest BCUT2D eigenvalue weighted by Crippen LogP contribution is 2.17. The second-order valence-electron chi connectivity index (χ2n) is 3.98. The van der Waals surface area contributed by atoms with Gasteiger partial charge in [-0.3, -0.25) is 0 Å². The van der Waals surface area contributed by atoms with E-state index >= 15 is 0 Å². The Morgan fingerprint density at radius 3 is 3.05 bits per heavy atom. The van der Waals surface area contributed by atoms with E-state index in [2.05, 4.69) is 15.1 Å². The van der Waals surface area contributed by atoms with Crippen LogP contribution in [0.5, 0.6) is 5.75 Å². The van der Waals surface area contributed by atoms with Crippen LogP contribution in [0, 0.1) is 6.92 Å². The summed E-state index contributed by atoms with van der Waals surface area (Å²) in [6, 6.07) is 7.72. The monoisotopic (exact) mass is 272 g/mol. The molecule has 0 N–H and O–H groups in total. The van der Waals surface area contributed by atoms with Crippen molar-refractivity contribution >= 4 is 11.3 Å². The predicted octanol–water partition coefficient (Wildman–Crippen LogP) is 2.61. The molecule has 0 atom stereocenters. The molecule has 5 nitrogen and oxygen atoms in total. The van der Waals surface area contributed by atoms with Crippen molar-refractivity contribution in [3.8, 4) is 11.4 Å². The van der Waals surface area contributed by atoms with Crippen LogP contribution in [0.1, 0.15) is 10.7 Å². The van der Waals surface area contributed by atoms with E-state index in [-0.39, 0.29) is 0 Å². The summed E-state index contributed by atoms with van der Waals surface area (Å²) in [6.07, 6.45) is 3.16. The fourth-order valence-electron chi connectivity index (χ4n) is 1.69. The zero-order valence-electron chi connectivity index (χ0n) is 10.4. The molecule has 0 saturated carbocycles. The van der Waals surface area contributed by atoms with Gasteiger partial charge >= 0.3 is 0 Å². The molecule has 0 bridgehead atoms. The van der Waals surface area contributed by atoms with E-state index < -0.39 is 0 Å². The van der Waals surface area contributed by atoms with Crippen LogP contribution in [-0.2, 0) is 6.61 Å². The molecule has 0 aliphatic heterocycles. The third kappa shape index (κ3) is 2.79. The number of hydrogen-bond acceptors (Lipinski definition) is 5. The SMILES string of the molecule is Cc1nc(COc2cccc(-n3cncn3)c2)cs1. The van der Waals surface area contributed by atoms with Crippen molar-refractivity contribution in [1.29, 1.82) is 0 Å². The highest BCUT2D eigenvalue weighted by molar-refractivity contribution is 7.09. The number of hydrogen-bond donors (Lipinski definition) is 0. The molecule has 0 aliphatic rings. The Bertz CT molecular complexity index is 663. The van der Waals surface area contributed by atoms with Crippen LogP contribution in [0.4, 0.5) is 0 Å². The van der Waals surface area contributed by atoms with Crippen LogP contribution in [0.2, 0.25) is 0 Å². The first-order valence-corrected chi connectivity index (χ1v) is 6.68. The van der Waals surface area contributed by atoms with E-state index in [1.165, 1.54) is 6.33 Å². The maximum Gasteiger partial charge on any atom is 0.138 e. The van der Waals surface area contributed by atoms with E-state index in [1.807, 2.05) is 36.6 Å².